The molecule has 2 aliphatic heterocycles. The van der Waals surface area contributed by atoms with Gasteiger partial charge in [-0.15, -0.1) is 0 Å². The molecule has 2 aliphatic rings. The normalized spacial score (nSPS) is 21.2. The Morgan fingerprint density at radius 2 is 1.42 bits per heavy atom. The van der Waals surface area contributed by atoms with Crippen LogP contribution in [0.25, 0.3) is 0 Å². The van der Waals surface area contributed by atoms with Crippen LogP contribution in [0.1, 0.15) is 36.3 Å². The predicted octanol–water partition coefficient (Wildman–Crippen LogP) is 2.36. The van der Waals surface area contributed by atoms with Crippen LogP contribution in [-0.2, 0) is 19.4 Å². The first-order valence-corrected chi connectivity index (χ1v) is 12.6. The lowest BCUT2D eigenvalue weighted by Gasteiger charge is -2.34. The number of sulfone groups is 1. The number of amides is 2. The van der Waals surface area contributed by atoms with Gasteiger partial charge in [-0.1, -0.05) is 60.7 Å². The highest BCUT2D eigenvalue weighted by atomic mass is 32.2. The first-order valence-electron chi connectivity index (χ1n) is 10.8. The van der Waals surface area contributed by atoms with Crippen LogP contribution in [-0.4, -0.2) is 55.8 Å². The van der Waals surface area contributed by atoms with Gasteiger partial charge in [-0.25, -0.2) is 8.42 Å². The van der Waals surface area contributed by atoms with E-state index >= 15 is 0 Å². The van der Waals surface area contributed by atoms with Crippen molar-refractivity contribution >= 4 is 21.7 Å². The average molecular weight is 441 g/mol. The fourth-order valence-electron chi connectivity index (χ4n) is 4.54. The van der Waals surface area contributed by atoms with E-state index in [0.717, 1.165) is 11.1 Å². The second-order valence-corrected chi connectivity index (χ2v) is 10.7. The van der Waals surface area contributed by atoms with Crippen LogP contribution in [0, 0.1) is 5.92 Å². The Morgan fingerprint density at radius 3 is 1.90 bits per heavy atom. The smallest absolute Gasteiger partial charge is 0.234 e. The fourth-order valence-corrected chi connectivity index (χ4v) is 6.21. The second kappa shape index (κ2) is 9.22. The molecule has 0 bridgehead atoms. The van der Waals surface area contributed by atoms with Gasteiger partial charge in [0.15, 0.2) is 9.84 Å². The van der Waals surface area contributed by atoms with E-state index in [1.54, 1.807) is 0 Å². The summed E-state index contributed by atoms with van der Waals surface area (Å²) in [4.78, 5) is 27.9. The van der Waals surface area contributed by atoms with Crippen molar-refractivity contribution in [2.45, 2.75) is 31.2 Å². The average Bonchev–Trinajstić information content (AvgIpc) is 3.13. The number of benzene rings is 2. The molecule has 4 rings (SSSR count). The molecule has 2 saturated heterocycles. The van der Waals surface area contributed by atoms with Crippen molar-refractivity contribution < 1.29 is 18.0 Å². The number of carbonyl (C=O) groups excluding carboxylic acids is 2. The molecule has 0 saturated carbocycles. The minimum Gasteiger partial charge on any atom is -0.352 e. The van der Waals surface area contributed by atoms with E-state index in [1.165, 1.54) is 0 Å². The lowest BCUT2D eigenvalue weighted by Crippen LogP contribution is -2.46. The number of rotatable bonds is 5. The summed E-state index contributed by atoms with van der Waals surface area (Å²) in [6, 6.07) is 19.3. The van der Waals surface area contributed by atoms with Gasteiger partial charge in [-0.2, -0.15) is 0 Å². The predicted molar refractivity (Wildman–Crippen MR) is 119 cm³/mol. The van der Waals surface area contributed by atoms with E-state index in [-0.39, 0.29) is 41.2 Å². The molecule has 2 aromatic carbocycles. The highest BCUT2D eigenvalue weighted by Crippen LogP contribution is 2.29. The van der Waals surface area contributed by atoms with Crippen molar-refractivity contribution in [3.8, 4) is 0 Å². The zero-order chi connectivity index (χ0) is 21.8. The van der Waals surface area contributed by atoms with Crippen LogP contribution in [0.15, 0.2) is 60.7 Å². The summed E-state index contributed by atoms with van der Waals surface area (Å²) < 4.78 is 23.2. The Balaban J connectivity index is 1.40. The first kappa shape index (κ1) is 21.6. The molecule has 2 fully saturated rings. The molecule has 7 heteroatoms. The van der Waals surface area contributed by atoms with E-state index in [9.17, 15) is 18.0 Å². The number of piperidine rings is 1. The van der Waals surface area contributed by atoms with Gasteiger partial charge < -0.3 is 10.2 Å². The number of hydrogen-bond acceptors (Lipinski definition) is 4. The van der Waals surface area contributed by atoms with Gasteiger partial charge in [-0.3, -0.25) is 9.59 Å². The van der Waals surface area contributed by atoms with Crippen LogP contribution < -0.4 is 5.32 Å². The van der Waals surface area contributed by atoms with Crippen LogP contribution in [0.2, 0.25) is 0 Å². The van der Waals surface area contributed by atoms with Crippen LogP contribution >= 0.6 is 0 Å². The third-order valence-corrected chi connectivity index (χ3v) is 8.04. The van der Waals surface area contributed by atoms with Crippen molar-refractivity contribution in [3.63, 3.8) is 0 Å². The van der Waals surface area contributed by atoms with E-state index in [4.69, 9.17) is 0 Å². The number of nitrogens with zero attached hydrogens (tertiary/aromatic N) is 1. The van der Waals surface area contributed by atoms with Crippen LogP contribution in [0.3, 0.4) is 0 Å². The Labute approximate surface area is 183 Å². The number of likely N-dealkylation sites (tertiary alicyclic amines) is 1. The highest BCUT2D eigenvalue weighted by molar-refractivity contribution is 7.91. The molecule has 1 unspecified atom stereocenters. The highest BCUT2D eigenvalue weighted by Gasteiger charge is 2.34. The standard InChI is InChI=1S/C24H28N2O4S/c27-23(25-21-13-16-31(29,30)17-21)20-11-14-26(15-12-20)24(28)22(18-7-3-1-4-8-18)19-9-5-2-6-10-19/h1-10,20-22H,11-17H2,(H,25,27). The summed E-state index contributed by atoms with van der Waals surface area (Å²) in [6.45, 7) is 1.05. The summed E-state index contributed by atoms with van der Waals surface area (Å²) >= 11 is 0. The van der Waals surface area contributed by atoms with Crippen molar-refractivity contribution in [3.05, 3.63) is 71.8 Å². The van der Waals surface area contributed by atoms with Gasteiger partial charge in [-0.05, 0) is 30.4 Å². The largest absolute Gasteiger partial charge is 0.352 e. The molecule has 31 heavy (non-hydrogen) atoms. The molecule has 0 spiro atoms. The van der Waals surface area contributed by atoms with E-state index in [2.05, 4.69) is 5.32 Å². The Kier molecular flexibility index (Phi) is 6.41. The molecule has 2 amide bonds. The van der Waals surface area contributed by atoms with Crippen LogP contribution in [0.5, 0.6) is 0 Å². The molecule has 0 aliphatic carbocycles. The van der Waals surface area contributed by atoms with Gasteiger partial charge in [0, 0.05) is 25.0 Å². The zero-order valence-corrected chi connectivity index (χ0v) is 18.3. The lowest BCUT2D eigenvalue weighted by atomic mass is 9.88. The van der Waals surface area contributed by atoms with Crippen molar-refractivity contribution in [2.75, 3.05) is 24.6 Å². The maximum absolute atomic E-state index is 13.5. The molecule has 1 N–H and O–H groups in total. The lowest BCUT2D eigenvalue weighted by molar-refractivity contribution is -0.136. The van der Waals surface area contributed by atoms with Gasteiger partial charge in [0.25, 0.3) is 0 Å². The topological polar surface area (TPSA) is 83.6 Å². The molecule has 0 radical (unpaired) electrons. The number of carbonyl (C=O) groups is 2. The van der Waals surface area contributed by atoms with Gasteiger partial charge in [0.05, 0.1) is 17.4 Å². The van der Waals surface area contributed by atoms with Crippen LogP contribution in [0.4, 0.5) is 0 Å². The molecular weight excluding hydrogens is 412 g/mol. The first-order chi connectivity index (χ1) is 14.9. The molecule has 6 nitrogen and oxygen atoms in total. The van der Waals surface area contributed by atoms with Crippen molar-refractivity contribution in [2.24, 2.45) is 5.92 Å². The molecule has 0 aromatic heterocycles. The Hall–Kier alpha value is -2.67. The summed E-state index contributed by atoms with van der Waals surface area (Å²) in [7, 11) is -3.02. The number of nitrogens with one attached hydrogen (secondary N) is 1. The maximum atomic E-state index is 13.5. The zero-order valence-electron chi connectivity index (χ0n) is 17.4. The fraction of sp³-hybridized carbons (Fsp3) is 0.417. The third-order valence-electron chi connectivity index (χ3n) is 6.27. The summed E-state index contributed by atoms with van der Waals surface area (Å²) in [5.41, 5.74) is 1.92. The van der Waals surface area contributed by atoms with Crippen molar-refractivity contribution in [1.29, 1.82) is 0 Å². The van der Waals surface area contributed by atoms with E-state index in [1.807, 2.05) is 65.6 Å². The molecule has 2 aromatic rings. The maximum Gasteiger partial charge on any atom is 0.234 e. The Bertz CT molecular complexity index is 977. The number of hydrogen-bond donors (Lipinski definition) is 1. The van der Waals surface area contributed by atoms with Crippen molar-refractivity contribution in [1.82, 2.24) is 10.2 Å². The minimum absolute atomic E-state index is 0.0336. The molecule has 1 atom stereocenters. The molecule has 164 valence electrons. The SMILES string of the molecule is O=C(NC1CCS(=O)(=O)C1)C1CCN(C(=O)C(c2ccccc2)c2ccccc2)CC1. The summed E-state index contributed by atoms with van der Waals surface area (Å²) in [6.07, 6.45) is 1.67. The van der Waals surface area contributed by atoms with Gasteiger partial charge in [0.1, 0.15) is 0 Å². The molecule has 2 heterocycles. The quantitative estimate of drug-likeness (QED) is 0.774. The monoisotopic (exact) mass is 440 g/mol. The third kappa shape index (κ3) is 5.15. The minimum atomic E-state index is -3.02. The van der Waals surface area contributed by atoms with Gasteiger partial charge >= 0.3 is 0 Å². The summed E-state index contributed by atoms with van der Waals surface area (Å²) in [5.74, 6) is -0.400. The molecular formula is C24H28N2O4S. The van der Waals surface area contributed by atoms with E-state index in [0.29, 0.717) is 32.4 Å². The Morgan fingerprint density at radius 1 is 0.871 bits per heavy atom. The summed E-state index contributed by atoms with van der Waals surface area (Å²) in [5, 5.41) is 2.90. The van der Waals surface area contributed by atoms with E-state index < -0.39 is 9.84 Å². The second-order valence-electron chi connectivity index (χ2n) is 8.46. The van der Waals surface area contributed by atoms with Gasteiger partial charge in [0.2, 0.25) is 11.8 Å².